The lowest BCUT2D eigenvalue weighted by Crippen LogP contribution is -2.40. The number of carbonyl (C=O) groups is 2. The third-order valence-corrected chi connectivity index (χ3v) is 8.59. The minimum absolute atomic E-state index is 0.138. The Bertz CT molecular complexity index is 1980. The van der Waals surface area contributed by atoms with Gasteiger partial charge in [0.15, 0.2) is 5.65 Å². The standard InChI is InChI=1S/C36H43N11O2/c1-23(2)30-21-42-47-34(30)44-36(46-17-13-26(37)14-18-46)45-35(47)41-20-25-7-4-5-8-28(25)33-29-11-10-27(19-24(29)12-16-40-33)43-31(48)9-6-15-39-32(49)22-38-3/h4-12,16,19,21,23,26,38H,13-15,17-18,20,22,37H2,1-3H3,(H,39,49)(H,43,48)(H,41,44,45)/b9-6+. The molecule has 13 nitrogen and oxygen atoms in total. The third-order valence-electron chi connectivity index (χ3n) is 8.59. The summed E-state index contributed by atoms with van der Waals surface area (Å²) in [6.45, 7) is 6.89. The molecule has 3 aromatic heterocycles. The fourth-order valence-corrected chi connectivity index (χ4v) is 5.94. The molecule has 1 fully saturated rings. The van der Waals surface area contributed by atoms with E-state index in [2.05, 4.69) is 57.2 Å². The lowest BCUT2D eigenvalue weighted by Gasteiger charge is -2.30. The number of hydrogen-bond acceptors (Lipinski definition) is 10. The number of amides is 2. The summed E-state index contributed by atoms with van der Waals surface area (Å²) in [4.78, 5) is 41.0. The highest BCUT2D eigenvalue weighted by atomic mass is 16.2. The van der Waals surface area contributed by atoms with Crippen molar-refractivity contribution in [1.82, 2.24) is 35.2 Å². The van der Waals surface area contributed by atoms with Crippen molar-refractivity contribution < 1.29 is 9.59 Å². The largest absolute Gasteiger partial charge is 0.352 e. The van der Waals surface area contributed by atoms with Gasteiger partial charge in [0, 0.05) is 66.7 Å². The van der Waals surface area contributed by atoms with Gasteiger partial charge in [-0.3, -0.25) is 14.6 Å². The molecule has 0 aliphatic carbocycles. The molecule has 0 bridgehead atoms. The number of anilines is 3. The molecule has 0 radical (unpaired) electrons. The van der Waals surface area contributed by atoms with Gasteiger partial charge in [0.2, 0.25) is 23.7 Å². The van der Waals surface area contributed by atoms with Crippen LogP contribution in [-0.2, 0) is 16.1 Å². The first kappa shape index (κ1) is 33.5. The van der Waals surface area contributed by atoms with Crippen molar-refractivity contribution in [3.63, 3.8) is 0 Å². The highest BCUT2D eigenvalue weighted by Gasteiger charge is 2.22. The molecule has 2 aromatic carbocycles. The van der Waals surface area contributed by atoms with Crippen LogP contribution < -0.4 is 31.9 Å². The third kappa shape index (κ3) is 7.85. The number of nitrogens with one attached hydrogen (secondary N) is 4. The minimum Gasteiger partial charge on any atom is -0.352 e. The molecule has 6 rings (SSSR count). The number of nitrogens with zero attached hydrogens (tertiary/aromatic N) is 6. The Morgan fingerprint density at radius 2 is 1.90 bits per heavy atom. The second-order valence-electron chi connectivity index (χ2n) is 12.5. The molecular weight excluding hydrogens is 618 g/mol. The average molecular weight is 662 g/mol. The Morgan fingerprint density at radius 1 is 1.08 bits per heavy atom. The second kappa shape index (κ2) is 15.2. The van der Waals surface area contributed by atoms with Crippen molar-refractivity contribution in [2.24, 2.45) is 5.73 Å². The number of pyridine rings is 1. The quantitative estimate of drug-likeness (QED) is 0.124. The first-order valence-corrected chi connectivity index (χ1v) is 16.7. The maximum Gasteiger partial charge on any atom is 0.248 e. The SMILES string of the molecule is CNCC(=O)NC/C=C/C(=O)Nc1ccc2c(-c3ccccc3CNc3nc(N4CCC(N)CC4)nc4c(C(C)C)cnn34)nccc2c1. The first-order valence-electron chi connectivity index (χ1n) is 16.7. The van der Waals surface area contributed by atoms with E-state index < -0.39 is 0 Å². The molecule has 0 spiro atoms. The molecule has 0 atom stereocenters. The number of piperidine rings is 1. The zero-order valence-corrected chi connectivity index (χ0v) is 28.1. The van der Waals surface area contributed by atoms with Crippen molar-refractivity contribution in [3.05, 3.63) is 84.2 Å². The number of hydrogen-bond donors (Lipinski definition) is 5. The molecule has 254 valence electrons. The van der Waals surface area contributed by atoms with Crippen molar-refractivity contribution >= 4 is 45.8 Å². The number of aromatic nitrogens is 5. The highest BCUT2D eigenvalue weighted by molar-refractivity contribution is 6.02. The summed E-state index contributed by atoms with van der Waals surface area (Å²) < 4.78 is 1.79. The van der Waals surface area contributed by atoms with Gasteiger partial charge in [-0.25, -0.2) is 0 Å². The Morgan fingerprint density at radius 3 is 2.69 bits per heavy atom. The average Bonchev–Trinajstić information content (AvgIpc) is 3.54. The van der Waals surface area contributed by atoms with Crippen LogP contribution in [0.3, 0.4) is 0 Å². The van der Waals surface area contributed by atoms with E-state index in [1.165, 1.54) is 6.08 Å². The van der Waals surface area contributed by atoms with E-state index in [-0.39, 0.29) is 36.9 Å². The summed E-state index contributed by atoms with van der Waals surface area (Å²) in [5.74, 6) is 1.15. The van der Waals surface area contributed by atoms with E-state index in [0.717, 1.165) is 64.7 Å². The number of likely N-dealkylation sites (N-methyl/N-ethyl adjacent to an activating group) is 1. The predicted octanol–water partition coefficient (Wildman–Crippen LogP) is 3.83. The molecule has 4 heterocycles. The van der Waals surface area contributed by atoms with E-state index in [0.29, 0.717) is 24.1 Å². The van der Waals surface area contributed by atoms with E-state index in [9.17, 15) is 9.59 Å². The molecule has 49 heavy (non-hydrogen) atoms. The normalized spacial score (nSPS) is 13.9. The molecule has 0 unspecified atom stereocenters. The zero-order chi connectivity index (χ0) is 34.3. The molecule has 5 aromatic rings. The first-order chi connectivity index (χ1) is 23.8. The summed E-state index contributed by atoms with van der Waals surface area (Å²) in [5.41, 5.74) is 11.6. The lowest BCUT2D eigenvalue weighted by atomic mass is 9.99. The Kier molecular flexibility index (Phi) is 10.4. The summed E-state index contributed by atoms with van der Waals surface area (Å²) in [6, 6.07) is 16.1. The molecule has 1 aliphatic heterocycles. The van der Waals surface area contributed by atoms with Crippen LogP contribution >= 0.6 is 0 Å². The van der Waals surface area contributed by atoms with Crippen molar-refractivity contribution in [1.29, 1.82) is 0 Å². The van der Waals surface area contributed by atoms with Gasteiger partial charge in [0.1, 0.15) is 0 Å². The van der Waals surface area contributed by atoms with Crippen molar-refractivity contribution in [3.8, 4) is 11.3 Å². The lowest BCUT2D eigenvalue weighted by molar-refractivity contribution is -0.120. The number of nitrogens with two attached hydrogens (primary N) is 1. The van der Waals surface area contributed by atoms with Crippen LogP contribution in [0.1, 0.15) is 43.7 Å². The monoisotopic (exact) mass is 661 g/mol. The van der Waals surface area contributed by atoms with Gasteiger partial charge in [-0.05, 0) is 55.0 Å². The molecule has 1 saturated heterocycles. The fraction of sp³-hybridized carbons (Fsp3) is 0.333. The molecule has 13 heteroatoms. The van der Waals surface area contributed by atoms with Gasteiger partial charge in [0.25, 0.3) is 0 Å². The fourth-order valence-electron chi connectivity index (χ4n) is 5.94. The second-order valence-corrected chi connectivity index (χ2v) is 12.5. The number of rotatable bonds is 12. The van der Waals surface area contributed by atoms with E-state index in [4.69, 9.17) is 20.7 Å². The van der Waals surface area contributed by atoms with Crippen LogP contribution in [0.5, 0.6) is 0 Å². The van der Waals surface area contributed by atoms with E-state index >= 15 is 0 Å². The van der Waals surface area contributed by atoms with Gasteiger partial charge in [0.05, 0.1) is 18.4 Å². The van der Waals surface area contributed by atoms with Gasteiger partial charge < -0.3 is 31.9 Å². The summed E-state index contributed by atoms with van der Waals surface area (Å²) in [5, 5.41) is 18.5. The topological polar surface area (TPSA) is 167 Å². The van der Waals surface area contributed by atoms with Crippen LogP contribution in [0.4, 0.5) is 17.6 Å². The highest BCUT2D eigenvalue weighted by Crippen LogP contribution is 2.31. The summed E-state index contributed by atoms with van der Waals surface area (Å²) in [7, 11) is 1.70. The molecule has 1 aliphatic rings. The summed E-state index contributed by atoms with van der Waals surface area (Å²) in [6.07, 6.45) is 8.49. The number of carbonyl (C=O) groups excluding carboxylic acids is 2. The smallest absolute Gasteiger partial charge is 0.248 e. The zero-order valence-electron chi connectivity index (χ0n) is 28.1. The van der Waals surface area contributed by atoms with Crippen molar-refractivity contribution in [2.75, 3.05) is 48.8 Å². The number of benzene rings is 2. The van der Waals surface area contributed by atoms with Gasteiger partial charge in [-0.1, -0.05) is 50.3 Å². The molecule has 6 N–H and O–H groups in total. The molecule has 2 amide bonds. The Hall–Kier alpha value is -5.40. The Labute approximate surface area is 285 Å². The molecule has 0 saturated carbocycles. The van der Waals surface area contributed by atoms with Gasteiger partial charge in [-0.15, -0.1) is 0 Å². The van der Waals surface area contributed by atoms with Gasteiger partial charge in [-0.2, -0.15) is 19.6 Å². The van der Waals surface area contributed by atoms with Crippen LogP contribution in [0, 0.1) is 0 Å². The van der Waals surface area contributed by atoms with Crippen LogP contribution in [0.25, 0.3) is 27.7 Å². The molecular formula is C36H43N11O2. The van der Waals surface area contributed by atoms with Crippen molar-refractivity contribution in [2.45, 2.75) is 45.2 Å². The van der Waals surface area contributed by atoms with Crippen LogP contribution in [-0.4, -0.2) is 75.6 Å². The van der Waals surface area contributed by atoms with Crippen LogP contribution in [0.2, 0.25) is 0 Å². The predicted molar refractivity (Wildman–Crippen MR) is 194 cm³/mol. The Balaban J connectivity index is 1.23. The minimum atomic E-state index is -0.281. The van der Waals surface area contributed by atoms with Gasteiger partial charge >= 0.3 is 0 Å². The maximum atomic E-state index is 12.5. The maximum absolute atomic E-state index is 12.5. The van der Waals surface area contributed by atoms with E-state index in [1.807, 2.05) is 42.6 Å². The van der Waals surface area contributed by atoms with Crippen LogP contribution in [0.15, 0.2) is 73.1 Å². The van der Waals surface area contributed by atoms with E-state index in [1.54, 1.807) is 23.8 Å². The summed E-state index contributed by atoms with van der Waals surface area (Å²) >= 11 is 0. The number of fused-ring (bicyclic) bond motifs is 2.